The van der Waals surface area contributed by atoms with Gasteiger partial charge in [-0.2, -0.15) is 0 Å². The summed E-state index contributed by atoms with van der Waals surface area (Å²) in [5.74, 6) is 0.802. The predicted molar refractivity (Wildman–Crippen MR) is 91.0 cm³/mol. The van der Waals surface area contributed by atoms with Gasteiger partial charge in [0.2, 0.25) is 5.91 Å². The average molecular weight is 311 g/mol. The molecule has 0 spiro atoms. The second-order valence-corrected chi connectivity index (χ2v) is 5.32. The molecule has 0 saturated heterocycles. The van der Waals surface area contributed by atoms with Crippen molar-refractivity contribution in [2.24, 2.45) is 0 Å². The molecule has 0 saturated carbocycles. The smallest absolute Gasteiger partial charge is 0.226 e. The number of ether oxygens (including phenoxy) is 1. The average Bonchev–Trinajstić information content (AvgIpc) is 2.59. The van der Waals surface area contributed by atoms with E-state index >= 15 is 0 Å². The molecule has 0 atom stereocenters. The summed E-state index contributed by atoms with van der Waals surface area (Å²) in [6, 6.07) is 16.6. The Morgan fingerprint density at radius 3 is 2.26 bits per heavy atom. The normalized spacial score (nSPS) is 10.2. The van der Waals surface area contributed by atoms with Crippen LogP contribution in [0.2, 0.25) is 0 Å². The highest BCUT2D eigenvalue weighted by molar-refractivity contribution is 5.94. The van der Waals surface area contributed by atoms with Crippen molar-refractivity contribution < 1.29 is 14.3 Å². The van der Waals surface area contributed by atoms with Crippen molar-refractivity contribution in [3.05, 3.63) is 60.2 Å². The van der Waals surface area contributed by atoms with Crippen LogP contribution in [-0.2, 0) is 4.79 Å². The molecule has 0 bridgehead atoms. The Kier molecular flexibility index (Phi) is 5.92. The van der Waals surface area contributed by atoms with Gasteiger partial charge in [0.25, 0.3) is 0 Å². The van der Waals surface area contributed by atoms with Crippen LogP contribution >= 0.6 is 0 Å². The first-order valence-electron chi connectivity index (χ1n) is 7.63. The van der Waals surface area contributed by atoms with Crippen LogP contribution in [0.25, 0.3) is 0 Å². The van der Waals surface area contributed by atoms with Gasteiger partial charge in [-0.1, -0.05) is 18.2 Å². The molecule has 2 rings (SSSR count). The lowest BCUT2D eigenvalue weighted by atomic mass is 10.1. The van der Waals surface area contributed by atoms with Gasteiger partial charge in [-0.25, -0.2) is 0 Å². The van der Waals surface area contributed by atoms with E-state index < -0.39 is 0 Å². The summed E-state index contributed by atoms with van der Waals surface area (Å²) in [7, 11) is 1.78. The first-order valence-corrected chi connectivity index (χ1v) is 7.63. The number of ketones is 1. The first-order chi connectivity index (χ1) is 11.1. The van der Waals surface area contributed by atoms with Gasteiger partial charge in [-0.05, 0) is 49.7 Å². The third-order valence-electron chi connectivity index (χ3n) is 3.58. The largest absolute Gasteiger partial charge is 0.494 e. The lowest BCUT2D eigenvalue weighted by molar-refractivity contribution is -0.118. The molecule has 23 heavy (non-hydrogen) atoms. The molecule has 2 aromatic carbocycles. The van der Waals surface area contributed by atoms with Crippen LogP contribution in [0, 0.1) is 0 Å². The molecule has 0 unspecified atom stereocenters. The molecule has 0 aromatic heterocycles. The van der Waals surface area contributed by atoms with Crippen LogP contribution in [0.4, 0.5) is 5.69 Å². The lowest BCUT2D eigenvalue weighted by Gasteiger charge is -2.17. The Balaban J connectivity index is 1.74. The zero-order chi connectivity index (χ0) is 16.7. The second kappa shape index (κ2) is 8.13. The van der Waals surface area contributed by atoms with Crippen molar-refractivity contribution in [3.8, 4) is 5.75 Å². The molecule has 4 nitrogen and oxygen atoms in total. The van der Waals surface area contributed by atoms with Gasteiger partial charge in [-0.3, -0.25) is 9.59 Å². The molecular weight excluding hydrogens is 290 g/mol. The number of anilines is 1. The van der Waals surface area contributed by atoms with Crippen LogP contribution in [0.1, 0.15) is 30.1 Å². The molecule has 0 radical (unpaired) electrons. The molecule has 4 heteroatoms. The van der Waals surface area contributed by atoms with Crippen LogP contribution < -0.4 is 9.64 Å². The number of hydrogen-bond donors (Lipinski definition) is 0. The minimum atomic E-state index is 0.0334. The summed E-state index contributed by atoms with van der Waals surface area (Å²) in [6.45, 7) is 2.00. The van der Waals surface area contributed by atoms with Gasteiger partial charge in [0, 0.05) is 24.7 Å². The zero-order valence-corrected chi connectivity index (χ0v) is 13.5. The fourth-order valence-electron chi connectivity index (χ4n) is 2.16. The minimum Gasteiger partial charge on any atom is -0.494 e. The van der Waals surface area contributed by atoms with Gasteiger partial charge in [0.05, 0.1) is 6.61 Å². The molecule has 0 aliphatic heterocycles. The van der Waals surface area contributed by atoms with E-state index in [0.29, 0.717) is 30.8 Å². The van der Waals surface area contributed by atoms with E-state index in [4.69, 9.17) is 4.74 Å². The van der Waals surface area contributed by atoms with Crippen LogP contribution in [-0.4, -0.2) is 25.3 Å². The molecule has 0 N–H and O–H groups in total. The van der Waals surface area contributed by atoms with E-state index in [9.17, 15) is 9.59 Å². The van der Waals surface area contributed by atoms with E-state index in [1.807, 2.05) is 30.3 Å². The molecule has 2 aromatic rings. The summed E-state index contributed by atoms with van der Waals surface area (Å²) in [6.07, 6.45) is 1.07. The quantitative estimate of drug-likeness (QED) is 0.578. The number of carbonyl (C=O) groups excluding carboxylic acids is 2. The fourth-order valence-corrected chi connectivity index (χ4v) is 2.16. The SMILES string of the molecule is CC(=O)c1ccc(OCCCC(=O)N(C)c2ccccc2)cc1. The predicted octanol–water partition coefficient (Wildman–Crippen LogP) is 3.71. The molecular formula is C19H21NO3. The first kappa shape index (κ1) is 16.7. The highest BCUT2D eigenvalue weighted by Crippen LogP contribution is 2.15. The summed E-state index contributed by atoms with van der Waals surface area (Å²) >= 11 is 0. The van der Waals surface area contributed by atoms with Gasteiger partial charge in [0.15, 0.2) is 5.78 Å². The molecule has 0 aliphatic carbocycles. The van der Waals surface area contributed by atoms with E-state index in [0.717, 1.165) is 5.69 Å². The maximum Gasteiger partial charge on any atom is 0.226 e. The number of amides is 1. The van der Waals surface area contributed by atoms with E-state index in [2.05, 4.69) is 0 Å². The summed E-state index contributed by atoms with van der Waals surface area (Å²) in [4.78, 5) is 25.0. The molecule has 1 amide bonds. The lowest BCUT2D eigenvalue weighted by Crippen LogP contribution is -2.26. The zero-order valence-electron chi connectivity index (χ0n) is 13.5. The molecule has 0 aliphatic rings. The highest BCUT2D eigenvalue weighted by Gasteiger charge is 2.10. The number of rotatable bonds is 7. The Hall–Kier alpha value is -2.62. The number of carbonyl (C=O) groups is 2. The fraction of sp³-hybridized carbons (Fsp3) is 0.263. The third kappa shape index (κ3) is 4.95. The molecule has 0 heterocycles. The van der Waals surface area contributed by atoms with Crippen molar-refractivity contribution in [2.75, 3.05) is 18.6 Å². The van der Waals surface area contributed by atoms with Crippen LogP contribution in [0.15, 0.2) is 54.6 Å². The highest BCUT2D eigenvalue weighted by atomic mass is 16.5. The van der Waals surface area contributed by atoms with E-state index in [-0.39, 0.29) is 11.7 Å². The number of Topliss-reactive ketones (excluding diaryl/α,β-unsaturated/α-hetero) is 1. The van der Waals surface area contributed by atoms with Crippen LogP contribution in [0.5, 0.6) is 5.75 Å². The van der Waals surface area contributed by atoms with E-state index in [1.54, 1.807) is 36.2 Å². The molecule has 0 fully saturated rings. The molecule has 120 valence electrons. The van der Waals surface area contributed by atoms with Crippen LogP contribution in [0.3, 0.4) is 0 Å². The minimum absolute atomic E-state index is 0.0334. The second-order valence-electron chi connectivity index (χ2n) is 5.32. The van der Waals surface area contributed by atoms with E-state index in [1.165, 1.54) is 6.92 Å². The monoisotopic (exact) mass is 311 g/mol. The van der Waals surface area contributed by atoms with Crippen molar-refractivity contribution in [3.63, 3.8) is 0 Å². The number of para-hydroxylation sites is 1. The maximum atomic E-state index is 12.1. The Morgan fingerprint density at radius 2 is 1.65 bits per heavy atom. The van der Waals surface area contributed by atoms with Crippen molar-refractivity contribution in [1.82, 2.24) is 0 Å². The standard InChI is InChI=1S/C19H21NO3/c1-15(21)16-10-12-18(13-11-16)23-14-6-9-19(22)20(2)17-7-4-3-5-8-17/h3-5,7-8,10-13H,6,9,14H2,1-2H3. The van der Waals surface area contributed by atoms with Gasteiger partial charge in [0.1, 0.15) is 5.75 Å². The number of benzene rings is 2. The Morgan fingerprint density at radius 1 is 1.00 bits per heavy atom. The Labute approximate surface area is 136 Å². The summed E-state index contributed by atoms with van der Waals surface area (Å²) < 4.78 is 5.59. The third-order valence-corrected chi connectivity index (χ3v) is 3.58. The van der Waals surface area contributed by atoms with Crippen molar-refractivity contribution >= 4 is 17.4 Å². The van der Waals surface area contributed by atoms with Gasteiger partial charge in [-0.15, -0.1) is 0 Å². The number of hydrogen-bond acceptors (Lipinski definition) is 3. The van der Waals surface area contributed by atoms with Gasteiger partial charge >= 0.3 is 0 Å². The Bertz CT molecular complexity index is 650. The maximum absolute atomic E-state index is 12.1. The topological polar surface area (TPSA) is 46.6 Å². The van der Waals surface area contributed by atoms with Crippen molar-refractivity contribution in [1.29, 1.82) is 0 Å². The summed E-state index contributed by atoms with van der Waals surface area (Å²) in [5, 5.41) is 0. The van der Waals surface area contributed by atoms with Gasteiger partial charge < -0.3 is 9.64 Å². The summed E-state index contributed by atoms with van der Waals surface area (Å²) in [5.41, 5.74) is 1.55. The van der Waals surface area contributed by atoms with Crippen molar-refractivity contribution in [2.45, 2.75) is 19.8 Å². The number of nitrogens with zero attached hydrogens (tertiary/aromatic N) is 1.